The number of likely N-dealkylation sites (N-methyl/N-ethyl adjacent to an activating group) is 1. The number of fused-ring (bicyclic) bond motifs is 1. The number of hydrogen-bond acceptors (Lipinski definition) is 3. The first-order valence-corrected chi connectivity index (χ1v) is 6.41. The molecule has 96 valence electrons. The van der Waals surface area contributed by atoms with Gasteiger partial charge in [-0.3, -0.25) is 4.79 Å². The third-order valence-corrected chi connectivity index (χ3v) is 3.40. The minimum Gasteiger partial charge on any atom is -0.367 e. The fourth-order valence-electron chi connectivity index (χ4n) is 2.51. The van der Waals surface area contributed by atoms with Crippen LogP contribution in [0.3, 0.4) is 0 Å². The zero-order chi connectivity index (χ0) is 13.2. The van der Waals surface area contributed by atoms with E-state index in [0.717, 1.165) is 22.6 Å². The smallest absolute Gasteiger partial charge is 0.156 e. The summed E-state index contributed by atoms with van der Waals surface area (Å²) in [5.41, 5.74) is 4.28. The molecular weight excluding hydrogens is 236 g/mol. The Bertz CT molecular complexity index is 607. The number of nitrogens with one attached hydrogen (secondary N) is 1. The lowest BCUT2D eigenvalue weighted by Gasteiger charge is -2.28. The summed E-state index contributed by atoms with van der Waals surface area (Å²) in [5, 5.41) is 3.39. The predicted octanol–water partition coefficient (Wildman–Crippen LogP) is 2.99. The highest BCUT2D eigenvalue weighted by Crippen LogP contribution is 2.32. The second kappa shape index (κ2) is 4.76. The SMILES string of the molecule is CN1CC(=O)Cc2c(Nc3ccccc3)cccc21. The molecule has 0 atom stereocenters. The number of nitrogens with zero attached hydrogens (tertiary/aromatic N) is 1. The Morgan fingerprint density at radius 2 is 1.84 bits per heavy atom. The van der Waals surface area contributed by atoms with Crippen LogP contribution in [-0.2, 0) is 11.2 Å². The summed E-state index contributed by atoms with van der Waals surface area (Å²) in [5.74, 6) is 0.261. The minimum atomic E-state index is 0.261. The van der Waals surface area contributed by atoms with Crippen LogP contribution in [0.4, 0.5) is 17.1 Å². The van der Waals surface area contributed by atoms with Crippen LogP contribution in [0.1, 0.15) is 5.56 Å². The Hall–Kier alpha value is -2.29. The average Bonchev–Trinajstić information content (AvgIpc) is 2.41. The third-order valence-electron chi connectivity index (χ3n) is 3.40. The molecule has 0 fully saturated rings. The van der Waals surface area contributed by atoms with Crippen molar-refractivity contribution in [2.45, 2.75) is 6.42 Å². The van der Waals surface area contributed by atoms with Crippen LogP contribution < -0.4 is 10.2 Å². The quantitative estimate of drug-likeness (QED) is 0.891. The molecule has 2 aromatic carbocycles. The summed E-state index contributed by atoms with van der Waals surface area (Å²) in [7, 11) is 1.96. The fourth-order valence-corrected chi connectivity index (χ4v) is 2.51. The van der Waals surface area contributed by atoms with Gasteiger partial charge in [0.25, 0.3) is 0 Å². The zero-order valence-corrected chi connectivity index (χ0v) is 10.9. The van der Waals surface area contributed by atoms with E-state index in [1.165, 1.54) is 0 Å². The molecule has 0 radical (unpaired) electrons. The van der Waals surface area contributed by atoms with Crippen molar-refractivity contribution in [2.24, 2.45) is 0 Å². The number of carbonyl (C=O) groups is 1. The van der Waals surface area contributed by atoms with E-state index in [2.05, 4.69) is 11.4 Å². The van der Waals surface area contributed by atoms with E-state index in [1.807, 2.05) is 54.4 Å². The molecule has 3 heteroatoms. The van der Waals surface area contributed by atoms with Gasteiger partial charge in [0.2, 0.25) is 0 Å². The number of ketones is 1. The van der Waals surface area contributed by atoms with E-state index in [1.54, 1.807) is 0 Å². The second-order valence-electron chi connectivity index (χ2n) is 4.87. The number of rotatable bonds is 2. The Balaban J connectivity index is 1.99. The monoisotopic (exact) mass is 252 g/mol. The maximum atomic E-state index is 11.8. The summed E-state index contributed by atoms with van der Waals surface area (Å²) >= 11 is 0. The summed E-state index contributed by atoms with van der Waals surface area (Å²) in [6.45, 7) is 0.502. The number of para-hydroxylation sites is 1. The maximum absolute atomic E-state index is 11.8. The van der Waals surface area contributed by atoms with Crippen molar-refractivity contribution in [3.05, 3.63) is 54.1 Å². The van der Waals surface area contributed by atoms with Crippen LogP contribution in [0.5, 0.6) is 0 Å². The van der Waals surface area contributed by atoms with Gasteiger partial charge in [-0.2, -0.15) is 0 Å². The Morgan fingerprint density at radius 1 is 1.05 bits per heavy atom. The van der Waals surface area contributed by atoms with Gasteiger partial charge in [-0.1, -0.05) is 24.3 Å². The molecule has 0 bridgehead atoms. The molecule has 0 saturated carbocycles. The van der Waals surface area contributed by atoms with Crippen LogP contribution in [0, 0.1) is 0 Å². The molecule has 0 spiro atoms. The van der Waals surface area contributed by atoms with Gasteiger partial charge in [-0.25, -0.2) is 0 Å². The van der Waals surface area contributed by atoms with Gasteiger partial charge in [0.15, 0.2) is 5.78 Å². The Kier molecular flexibility index (Phi) is 2.95. The van der Waals surface area contributed by atoms with E-state index in [0.29, 0.717) is 13.0 Å². The highest BCUT2D eigenvalue weighted by atomic mass is 16.1. The molecule has 3 rings (SSSR count). The highest BCUT2D eigenvalue weighted by molar-refractivity contribution is 5.93. The van der Waals surface area contributed by atoms with Gasteiger partial charge in [0.05, 0.1) is 6.54 Å². The van der Waals surface area contributed by atoms with Crippen LogP contribution in [0.25, 0.3) is 0 Å². The number of benzene rings is 2. The van der Waals surface area contributed by atoms with E-state index in [-0.39, 0.29) is 5.78 Å². The first kappa shape index (κ1) is 11.8. The molecule has 0 aromatic heterocycles. The molecule has 1 aliphatic heterocycles. The molecule has 0 unspecified atom stereocenters. The molecule has 0 amide bonds. The molecule has 3 nitrogen and oxygen atoms in total. The first-order valence-electron chi connectivity index (χ1n) is 6.41. The largest absolute Gasteiger partial charge is 0.367 e. The molecule has 1 heterocycles. The van der Waals surface area contributed by atoms with Gasteiger partial charge in [0, 0.05) is 36.1 Å². The number of hydrogen-bond donors (Lipinski definition) is 1. The fraction of sp³-hybridized carbons (Fsp3) is 0.188. The topological polar surface area (TPSA) is 32.3 Å². The summed E-state index contributed by atoms with van der Waals surface area (Å²) in [6, 6.07) is 16.1. The second-order valence-corrected chi connectivity index (χ2v) is 4.87. The molecule has 0 saturated heterocycles. The van der Waals surface area contributed by atoms with Crippen molar-refractivity contribution in [2.75, 3.05) is 23.8 Å². The molecule has 2 aromatic rings. The predicted molar refractivity (Wildman–Crippen MR) is 78.1 cm³/mol. The summed E-state index contributed by atoms with van der Waals surface area (Å²) in [4.78, 5) is 13.8. The van der Waals surface area contributed by atoms with E-state index in [9.17, 15) is 4.79 Å². The van der Waals surface area contributed by atoms with E-state index < -0.39 is 0 Å². The van der Waals surface area contributed by atoms with Crippen LogP contribution in [0.15, 0.2) is 48.5 Å². The minimum absolute atomic E-state index is 0.261. The standard InChI is InChI=1S/C16H16N2O/c1-18-11-13(19)10-14-15(8-5-9-16(14)18)17-12-6-3-2-4-7-12/h2-9,17H,10-11H2,1H3. The van der Waals surface area contributed by atoms with Crippen molar-refractivity contribution < 1.29 is 4.79 Å². The van der Waals surface area contributed by atoms with Crippen LogP contribution in [0.2, 0.25) is 0 Å². The number of Topliss-reactive ketones (excluding diaryl/α,β-unsaturated/α-hetero) is 1. The lowest BCUT2D eigenvalue weighted by Crippen LogP contribution is -2.32. The Labute approximate surface area is 112 Å². The molecule has 1 aliphatic rings. The van der Waals surface area contributed by atoms with Crippen molar-refractivity contribution >= 4 is 22.8 Å². The molecular formula is C16H16N2O. The molecule has 0 aliphatic carbocycles. The normalized spacial score (nSPS) is 14.2. The maximum Gasteiger partial charge on any atom is 0.156 e. The lowest BCUT2D eigenvalue weighted by atomic mass is 9.99. The first-order chi connectivity index (χ1) is 9.24. The summed E-state index contributed by atoms with van der Waals surface area (Å²) in [6.07, 6.45) is 0.510. The van der Waals surface area contributed by atoms with E-state index >= 15 is 0 Å². The number of anilines is 3. The van der Waals surface area contributed by atoms with Gasteiger partial charge >= 0.3 is 0 Å². The van der Waals surface area contributed by atoms with Gasteiger partial charge < -0.3 is 10.2 Å². The Morgan fingerprint density at radius 3 is 2.63 bits per heavy atom. The number of carbonyl (C=O) groups excluding carboxylic acids is 1. The average molecular weight is 252 g/mol. The highest BCUT2D eigenvalue weighted by Gasteiger charge is 2.21. The lowest BCUT2D eigenvalue weighted by molar-refractivity contribution is -0.117. The van der Waals surface area contributed by atoms with Gasteiger partial charge in [0.1, 0.15) is 0 Å². The molecule has 19 heavy (non-hydrogen) atoms. The molecule has 1 N–H and O–H groups in total. The van der Waals surface area contributed by atoms with Gasteiger partial charge in [-0.15, -0.1) is 0 Å². The van der Waals surface area contributed by atoms with Gasteiger partial charge in [-0.05, 0) is 24.3 Å². The third kappa shape index (κ3) is 2.32. The summed E-state index contributed by atoms with van der Waals surface area (Å²) < 4.78 is 0. The van der Waals surface area contributed by atoms with Crippen LogP contribution in [-0.4, -0.2) is 19.4 Å². The van der Waals surface area contributed by atoms with Crippen molar-refractivity contribution in [3.63, 3.8) is 0 Å². The van der Waals surface area contributed by atoms with Crippen LogP contribution >= 0.6 is 0 Å². The zero-order valence-electron chi connectivity index (χ0n) is 10.9. The van der Waals surface area contributed by atoms with E-state index in [4.69, 9.17) is 0 Å². The van der Waals surface area contributed by atoms with Crippen molar-refractivity contribution in [3.8, 4) is 0 Å². The van der Waals surface area contributed by atoms with Crippen molar-refractivity contribution in [1.29, 1.82) is 0 Å². The van der Waals surface area contributed by atoms with Crippen molar-refractivity contribution in [1.82, 2.24) is 0 Å².